The summed E-state index contributed by atoms with van der Waals surface area (Å²) in [6, 6.07) is 15.7. The SMILES string of the molecule is CCN(CC)c1ccc2oc(=O)c(-c3nc4ccccc4s3)cc2c1. The topological polar surface area (TPSA) is 46.3 Å². The van der Waals surface area contributed by atoms with Gasteiger partial charge < -0.3 is 9.32 Å². The lowest BCUT2D eigenvalue weighted by Gasteiger charge is -2.21. The van der Waals surface area contributed by atoms with E-state index in [0.29, 0.717) is 16.2 Å². The molecule has 0 amide bonds. The van der Waals surface area contributed by atoms with E-state index in [1.165, 1.54) is 11.3 Å². The highest BCUT2D eigenvalue weighted by Crippen LogP contribution is 2.30. The van der Waals surface area contributed by atoms with E-state index in [0.717, 1.165) is 34.4 Å². The van der Waals surface area contributed by atoms with Crippen LogP contribution in [0.5, 0.6) is 0 Å². The van der Waals surface area contributed by atoms with Gasteiger partial charge in [0.05, 0.1) is 15.8 Å². The van der Waals surface area contributed by atoms with Gasteiger partial charge in [-0.3, -0.25) is 0 Å². The molecule has 0 N–H and O–H groups in total. The number of nitrogens with zero attached hydrogens (tertiary/aromatic N) is 2. The molecule has 0 aliphatic heterocycles. The third kappa shape index (κ3) is 2.81. The van der Waals surface area contributed by atoms with Crippen LogP contribution in [0, 0.1) is 0 Å². The molecule has 0 saturated heterocycles. The Kier molecular flexibility index (Phi) is 4.01. The van der Waals surface area contributed by atoms with Crippen molar-refractivity contribution in [1.82, 2.24) is 4.98 Å². The molecule has 4 nitrogen and oxygen atoms in total. The first kappa shape index (κ1) is 15.8. The lowest BCUT2D eigenvalue weighted by Crippen LogP contribution is -2.21. The first-order chi connectivity index (χ1) is 12.2. The van der Waals surface area contributed by atoms with E-state index >= 15 is 0 Å². The van der Waals surface area contributed by atoms with Gasteiger partial charge in [-0.15, -0.1) is 11.3 Å². The molecule has 2 aromatic heterocycles. The molecule has 0 fully saturated rings. The van der Waals surface area contributed by atoms with Crippen molar-refractivity contribution in [2.75, 3.05) is 18.0 Å². The Morgan fingerprint density at radius 2 is 1.88 bits per heavy atom. The Labute approximate surface area is 149 Å². The molecule has 4 rings (SSSR count). The summed E-state index contributed by atoms with van der Waals surface area (Å²) in [5.74, 6) is 0. The highest BCUT2D eigenvalue weighted by atomic mass is 32.1. The molecule has 126 valence electrons. The fourth-order valence-electron chi connectivity index (χ4n) is 3.03. The minimum absolute atomic E-state index is 0.345. The largest absolute Gasteiger partial charge is 0.422 e. The molecule has 2 aromatic carbocycles. The van der Waals surface area contributed by atoms with Crippen LogP contribution < -0.4 is 10.5 Å². The van der Waals surface area contributed by atoms with Gasteiger partial charge >= 0.3 is 5.63 Å². The zero-order valence-corrected chi connectivity index (χ0v) is 15.0. The summed E-state index contributed by atoms with van der Waals surface area (Å²) in [6.45, 7) is 6.13. The molecule has 4 aromatic rings. The predicted octanol–water partition coefficient (Wildman–Crippen LogP) is 4.92. The van der Waals surface area contributed by atoms with Gasteiger partial charge in [0.25, 0.3) is 0 Å². The molecule has 0 spiro atoms. The molecule has 2 heterocycles. The van der Waals surface area contributed by atoms with Crippen LogP contribution in [0.2, 0.25) is 0 Å². The van der Waals surface area contributed by atoms with Gasteiger partial charge in [0.1, 0.15) is 10.6 Å². The summed E-state index contributed by atoms with van der Waals surface area (Å²) in [4.78, 5) is 19.3. The summed E-state index contributed by atoms with van der Waals surface area (Å²) in [5.41, 5.74) is 2.80. The molecule has 0 radical (unpaired) electrons. The van der Waals surface area contributed by atoms with E-state index in [9.17, 15) is 4.79 Å². The summed E-state index contributed by atoms with van der Waals surface area (Å²) >= 11 is 1.51. The van der Waals surface area contributed by atoms with Gasteiger partial charge in [-0.2, -0.15) is 0 Å². The van der Waals surface area contributed by atoms with Gasteiger partial charge in [0.15, 0.2) is 0 Å². The number of anilines is 1. The minimum Gasteiger partial charge on any atom is -0.422 e. The Morgan fingerprint density at radius 3 is 2.64 bits per heavy atom. The van der Waals surface area contributed by atoms with Crippen LogP contribution in [-0.2, 0) is 0 Å². The van der Waals surface area contributed by atoms with E-state index < -0.39 is 0 Å². The van der Waals surface area contributed by atoms with Crippen LogP contribution in [-0.4, -0.2) is 18.1 Å². The fraction of sp³-hybridized carbons (Fsp3) is 0.200. The first-order valence-corrected chi connectivity index (χ1v) is 9.20. The van der Waals surface area contributed by atoms with Crippen LogP contribution in [0.1, 0.15) is 13.8 Å². The molecule has 0 saturated carbocycles. The summed E-state index contributed by atoms with van der Waals surface area (Å²) in [6.07, 6.45) is 0. The van der Waals surface area contributed by atoms with Crippen LogP contribution in [0.25, 0.3) is 31.8 Å². The Hall–Kier alpha value is -2.66. The normalized spacial score (nSPS) is 11.3. The highest BCUT2D eigenvalue weighted by molar-refractivity contribution is 7.21. The molecular formula is C20H18N2O2S. The Bertz CT molecular complexity index is 1080. The van der Waals surface area contributed by atoms with E-state index in [-0.39, 0.29) is 5.63 Å². The second-order valence-corrected chi connectivity index (χ2v) is 6.86. The van der Waals surface area contributed by atoms with Crippen molar-refractivity contribution in [3.8, 4) is 10.6 Å². The molecular weight excluding hydrogens is 332 g/mol. The molecule has 0 atom stereocenters. The second-order valence-electron chi connectivity index (χ2n) is 5.83. The summed E-state index contributed by atoms with van der Waals surface area (Å²) in [7, 11) is 0. The van der Waals surface area contributed by atoms with Crippen molar-refractivity contribution in [3.05, 3.63) is 59.0 Å². The molecule has 5 heteroatoms. The van der Waals surface area contributed by atoms with Gasteiger partial charge in [0.2, 0.25) is 0 Å². The predicted molar refractivity (Wildman–Crippen MR) is 105 cm³/mol. The zero-order valence-electron chi connectivity index (χ0n) is 14.2. The van der Waals surface area contributed by atoms with E-state index in [1.54, 1.807) is 0 Å². The third-order valence-electron chi connectivity index (χ3n) is 4.37. The third-order valence-corrected chi connectivity index (χ3v) is 5.44. The molecule has 0 bridgehead atoms. The number of aromatic nitrogens is 1. The van der Waals surface area contributed by atoms with Crippen LogP contribution in [0.3, 0.4) is 0 Å². The van der Waals surface area contributed by atoms with Crippen molar-refractivity contribution >= 4 is 38.2 Å². The zero-order chi connectivity index (χ0) is 17.4. The van der Waals surface area contributed by atoms with Crippen molar-refractivity contribution in [1.29, 1.82) is 0 Å². The standard InChI is InChI=1S/C20H18N2O2S/c1-3-22(4-2)14-9-10-17-13(11-14)12-15(20(23)24-17)19-21-16-7-5-6-8-18(16)25-19/h5-12H,3-4H2,1-2H3. The Morgan fingerprint density at radius 1 is 1.08 bits per heavy atom. The second kappa shape index (κ2) is 6.33. The van der Waals surface area contributed by atoms with E-state index in [2.05, 4.69) is 29.8 Å². The van der Waals surface area contributed by atoms with Crippen molar-refractivity contribution < 1.29 is 4.42 Å². The lowest BCUT2D eigenvalue weighted by molar-refractivity contribution is 0.563. The summed E-state index contributed by atoms with van der Waals surface area (Å²) in [5, 5.41) is 1.61. The van der Waals surface area contributed by atoms with Crippen molar-refractivity contribution in [3.63, 3.8) is 0 Å². The molecule has 0 aliphatic carbocycles. The first-order valence-electron chi connectivity index (χ1n) is 8.38. The van der Waals surface area contributed by atoms with Crippen LogP contribution in [0.15, 0.2) is 57.7 Å². The van der Waals surface area contributed by atoms with E-state index in [4.69, 9.17) is 4.42 Å². The minimum atomic E-state index is -0.345. The Balaban J connectivity index is 1.88. The van der Waals surface area contributed by atoms with Gasteiger partial charge in [-0.25, -0.2) is 9.78 Å². The molecule has 0 unspecified atom stereocenters. The average Bonchev–Trinajstić information content (AvgIpc) is 3.06. The monoisotopic (exact) mass is 350 g/mol. The van der Waals surface area contributed by atoms with Gasteiger partial charge in [0, 0.05) is 24.2 Å². The number of rotatable bonds is 4. The lowest BCUT2D eigenvalue weighted by atomic mass is 10.1. The number of fused-ring (bicyclic) bond motifs is 2. The quantitative estimate of drug-likeness (QED) is 0.490. The van der Waals surface area contributed by atoms with Crippen molar-refractivity contribution in [2.45, 2.75) is 13.8 Å². The van der Waals surface area contributed by atoms with Crippen molar-refractivity contribution in [2.24, 2.45) is 0 Å². The molecule has 25 heavy (non-hydrogen) atoms. The number of hydrogen-bond donors (Lipinski definition) is 0. The van der Waals surface area contributed by atoms with Gasteiger partial charge in [-0.05, 0) is 50.2 Å². The van der Waals surface area contributed by atoms with Crippen LogP contribution >= 0.6 is 11.3 Å². The maximum absolute atomic E-state index is 12.4. The van der Waals surface area contributed by atoms with E-state index in [1.807, 2.05) is 42.5 Å². The average molecular weight is 350 g/mol. The maximum Gasteiger partial charge on any atom is 0.346 e. The van der Waals surface area contributed by atoms with Crippen LogP contribution in [0.4, 0.5) is 5.69 Å². The molecule has 0 aliphatic rings. The highest BCUT2D eigenvalue weighted by Gasteiger charge is 2.13. The fourth-order valence-corrected chi connectivity index (χ4v) is 4.00. The number of benzene rings is 2. The summed E-state index contributed by atoms with van der Waals surface area (Å²) < 4.78 is 6.60. The number of hydrogen-bond acceptors (Lipinski definition) is 5. The maximum atomic E-state index is 12.4. The number of para-hydroxylation sites is 1. The van der Waals surface area contributed by atoms with Gasteiger partial charge in [-0.1, -0.05) is 12.1 Å². The smallest absolute Gasteiger partial charge is 0.346 e. The number of thiazole rings is 1.